The minimum atomic E-state index is -0.292. The smallest absolute Gasteiger partial charge is 0.293 e. The largest absolute Gasteiger partial charge is 0.327 e. The second-order valence-corrected chi connectivity index (χ2v) is 6.15. The average molecular weight is 290 g/mol. The summed E-state index contributed by atoms with van der Waals surface area (Å²) in [5.41, 5.74) is 5.49. The summed E-state index contributed by atoms with van der Waals surface area (Å²) in [6.45, 7) is 6.90. The molecule has 2 amide bonds. The van der Waals surface area contributed by atoms with Gasteiger partial charge in [0.1, 0.15) is 0 Å². The van der Waals surface area contributed by atoms with Crippen LogP contribution >= 0.6 is 0 Å². The van der Waals surface area contributed by atoms with Crippen molar-refractivity contribution >= 4 is 11.8 Å². The molecular weight excluding hydrogens is 266 g/mol. The molecule has 114 valence electrons. The van der Waals surface area contributed by atoms with Crippen molar-refractivity contribution in [3.63, 3.8) is 0 Å². The van der Waals surface area contributed by atoms with Gasteiger partial charge in [-0.1, -0.05) is 32.0 Å². The van der Waals surface area contributed by atoms with E-state index in [4.69, 9.17) is 0 Å². The second-order valence-electron chi connectivity index (χ2n) is 6.15. The number of hydrazine groups is 1. The normalized spacial score (nSPS) is 25.1. The van der Waals surface area contributed by atoms with E-state index in [2.05, 4.69) is 24.7 Å². The molecule has 1 heterocycles. The molecule has 1 aliphatic rings. The van der Waals surface area contributed by atoms with Gasteiger partial charge in [-0.3, -0.25) is 20.4 Å². The summed E-state index contributed by atoms with van der Waals surface area (Å²) in [5, 5.41) is 0. The number of carbonyl (C=O) groups excluding carboxylic acids is 2. The summed E-state index contributed by atoms with van der Waals surface area (Å²) in [6, 6.07) is 8.84. The second kappa shape index (κ2) is 7.22. The first-order chi connectivity index (χ1) is 10.0. The van der Waals surface area contributed by atoms with E-state index in [1.807, 2.05) is 6.07 Å². The van der Waals surface area contributed by atoms with Gasteiger partial charge in [0.15, 0.2) is 6.54 Å². The van der Waals surface area contributed by atoms with Crippen molar-refractivity contribution in [3.8, 4) is 0 Å². The molecule has 0 aliphatic carbocycles. The first-order valence-corrected chi connectivity index (χ1v) is 7.52. The molecule has 2 rings (SSSR count). The molecule has 1 aromatic rings. The number of benzene rings is 1. The van der Waals surface area contributed by atoms with Gasteiger partial charge in [-0.15, -0.1) is 0 Å². The summed E-state index contributed by atoms with van der Waals surface area (Å²) < 4.78 is 0. The molecule has 1 aromatic carbocycles. The van der Waals surface area contributed by atoms with Crippen LogP contribution in [0.2, 0.25) is 0 Å². The van der Waals surface area contributed by atoms with Gasteiger partial charge in [-0.05, 0) is 18.6 Å². The quantitative estimate of drug-likeness (QED) is 0.687. The summed E-state index contributed by atoms with van der Waals surface area (Å²) in [5.74, 6) is 0.862. The van der Waals surface area contributed by atoms with E-state index >= 15 is 0 Å². The third-order valence-corrected chi connectivity index (χ3v) is 3.84. The number of hydrogen-bond donors (Lipinski definition) is 3. The number of amides is 2. The summed E-state index contributed by atoms with van der Waals surface area (Å²) >= 11 is 0. The van der Waals surface area contributed by atoms with E-state index in [-0.39, 0.29) is 11.8 Å². The maximum absolute atomic E-state index is 11.9. The molecule has 1 fully saturated rings. The number of rotatable bonds is 3. The number of piperidine rings is 1. The summed E-state index contributed by atoms with van der Waals surface area (Å²) in [6.07, 6.45) is 1.23. The molecule has 3 N–H and O–H groups in total. The number of likely N-dealkylation sites (tertiary alicyclic amines) is 1. The molecule has 0 saturated carbocycles. The fraction of sp³-hybridized carbons (Fsp3) is 0.500. The third kappa shape index (κ3) is 4.86. The molecule has 5 nitrogen and oxygen atoms in total. The zero-order valence-corrected chi connectivity index (χ0v) is 12.7. The lowest BCUT2D eigenvalue weighted by Crippen LogP contribution is -3.15. The highest BCUT2D eigenvalue weighted by molar-refractivity contribution is 5.95. The van der Waals surface area contributed by atoms with Crippen LogP contribution in [-0.2, 0) is 4.79 Å². The lowest BCUT2D eigenvalue weighted by molar-refractivity contribution is -0.904. The van der Waals surface area contributed by atoms with E-state index in [1.54, 1.807) is 24.3 Å². The van der Waals surface area contributed by atoms with Crippen molar-refractivity contribution in [2.24, 2.45) is 11.8 Å². The molecule has 21 heavy (non-hydrogen) atoms. The van der Waals surface area contributed by atoms with Crippen LogP contribution in [0, 0.1) is 11.8 Å². The lowest BCUT2D eigenvalue weighted by Gasteiger charge is -2.31. The van der Waals surface area contributed by atoms with Crippen molar-refractivity contribution in [3.05, 3.63) is 35.9 Å². The van der Waals surface area contributed by atoms with Crippen molar-refractivity contribution < 1.29 is 14.5 Å². The van der Waals surface area contributed by atoms with E-state index in [0.29, 0.717) is 23.9 Å². The zero-order valence-electron chi connectivity index (χ0n) is 12.7. The molecule has 0 radical (unpaired) electrons. The predicted octanol–water partition coefficient (Wildman–Crippen LogP) is 0.00840. The lowest BCUT2D eigenvalue weighted by atomic mass is 9.92. The molecule has 1 aliphatic heterocycles. The first kappa shape index (κ1) is 15.5. The van der Waals surface area contributed by atoms with Crippen LogP contribution in [0.4, 0.5) is 0 Å². The Hall–Kier alpha value is -1.88. The van der Waals surface area contributed by atoms with Gasteiger partial charge in [-0.2, -0.15) is 0 Å². The van der Waals surface area contributed by atoms with Gasteiger partial charge in [-0.25, -0.2) is 0 Å². The van der Waals surface area contributed by atoms with Crippen LogP contribution in [-0.4, -0.2) is 31.4 Å². The predicted molar refractivity (Wildman–Crippen MR) is 80.6 cm³/mol. The molecule has 1 saturated heterocycles. The highest BCUT2D eigenvalue weighted by Gasteiger charge is 2.26. The van der Waals surface area contributed by atoms with Gasteiger partial charge in [0.2, 0.25) is 0 Å². The van der Waals surface area contributed by atoms with Crippen molar-refractivity contribution in [1.29, 1.82) is 0 Å². The maximum Gasteiger partial charge on any atom is 0.293 e. The third-order valence-electron chi connectivity index (χ3n) is 3.84. The Kier molecular flexibility index (Phi) is 5.33. The average Bonchev–Trinajstić information content (AvgIpc) is 2.44. The van der Waals surface area contributed by atoms with Crippen LogP contribution in [0.15, 0.2) is 30.3 Å². The highest BCUT2D eigenvalue weighted by Crippen LogP contribution is 2.11. The minimum Gasteiger partial charge on any atom is -0.327 e. The molecule has 0 unspecified atom stereocenters. The fourth-order valence-corrected chi connectivity index (χ4v) is 3.13. The molecule has 0 bridgehead atoms. The monoisotopic (exact) mass is 290 g/mol. The Morgan fingerprint density at radius 1 is 1.10 bits per heavy atom. The number of quaternary nitrogens is 1. The van der Waals surface area contributed by atoms with Crippen LogP contribution < -0.4 is 15.8 Å². The van der Waals surface area contributed by atoms with Crippen molar-refractivity contribution in [2.75, 3.05) is 19.6 Å². The number of hydrogen-bond acceptors (Lipinski definition) is 2. The number of carbonyl (C=O) groups is 2. The molecule has 0 aromatic heterocycles. The van der Waals surface area contributed by atoms with Crippen LogP contribution in [0.1, 0.15) is 30.6 Å². The van der Waals surface area contributed by atoms with Crippen LogP contribution in [0.3, 0.4) is 0 Å². The van der Waals surface area contributed by atoms with Gasteiger partial charge in [0.25, 0.3) is 11.8 Å². The van der Waals surface area contributed by atoms with Gasteiger partial charge in [0.05, 0.1) is 13.1 Å². The molecule has 5 heteroatoms. The zero-order chi connectivity index (χ0) is 15.2. The van der Waals surface area contributed by atoms with Crippen molar-refractivity contribution in [2.45, 2.75) is 20.3 Å². The Labute approximate surface area is 125 Å². The fourth-order valence-electron chi connectivity index (χ4n) is 3.13. The number of nitrogens with one attached hydrogen (secondary N) is 3. The van der Waals surface area contributed by atoms with Crippen LogP contribution in [0.25, 0.3) is 0 Å². The van der Waals surface area contributed by atoms with E-state index in [9.17, 15) is 9.59 Å². The van der Waals surface area contributed by atoms with Gasteiger partial charge in [0, 0.05) is 17.4 Å². The molecular formula is C16H24N3O2+. The Bertz CT molecular complexity index is 480. The summed E-state index contributed by atoms with van der Waals surface area (Å²) in [7, 11) is 0. The molecule has 0 spiro atoms. The van der Waals surface area contributed by atoms with Crippen LogP contribution in [0.5, 0.6) is 0 Å². The van der Waals surface area contributed by atoms with E-state index in [1.165, 1.54) is 11.3 Å². The SMILES string of the molecule is C[C@@H]1C[C@@H](C)C[NH+](CC(=O)NNC(=O)c2ccccc2)C1. The summed E-state index contributed by atoms with van der Waals surface area (Å²) in [4.78, 5) is 25.0. The maximum atomic E-state index is 11.9. The Morgan fingerprint density at radius 3 is 2.33 bits per heavy atom. The molecule has 2 atom stereocenters. The van der Waals surface area contributed by atoms with Gasteiger partial charge < -0.3 is 4.90 Å². The minimum absolute atomic E-state index is 0.143. The Morgan fingerprint density at radius 2 is 1.71 bits per heavy atom. The standard InChI is InChI=1S/C16H23N3O2/c1-12-8-13(2)10-19(9-12)11-15(20)17-18-16(21)14-6-4-3-5-7-14/h3-7,12-13H,8-11H2,1-2H3,(H,17,20)(H,18,21)/p+1/t12-,13-/m1/s1. The Balaban J connectivity index is 1.76. The topological polar surface area (TPSA) is 62.6 Å². The first-order valence-electron chi connectivity index (χ1n) is 7.52. The van der Waals surface area contributed by atoms with E-state index < -0.39 is 0 Å². The van der Waals surface area contributed by atoms with E-state index in [0.717, 1.165) is 13.1 Å². The van der Waals surface area contributed by atoms with Crippen molar-refractivity contribution in [1.82, 2.24) is 10.9 Å². The highest BCUT2D eigenvalue weighted by atomic mass is 16.2. The van der Waals surface area contributed by atoms with Gasteiger partial charge >= 0.3 is 0 Å².